The van der Waals surface area contributed by atoms with E-state index in [-0.39, 0.29) is 18.4 Å². The van der Waals surface area contributed by atoms with Crippen LogP contribution >= 0.6 is 11.6 Å². The van der Waals surface area contributed by atoms with Crippen LogP contribution in [0.1, 0.15) is 25.7 Å². The maximum absolute atomic E-state index is 12.5. The average molecular weight is 393 g/mol. The van der Waals surface area contributed by atoms with Crippen LogP contribution < -0.4 is 5.32 Å². The smallest absolute Gasteiger partial charge is 0.244 e. The van der Waals surface area contributed by atoms with Crippen molar-refractivity contribution in [3.63, 3.8) is 0 Å². The number of carbonyl (C=O) groups excluding carboxylic acids is 2. The standard InChI is InChI=1S/C20H29ClN4O2/c1-23(14-19(26)22-18-7-3-2-6-17(18)21)20(27)15-24-12-8-16(9-13-24)25-10-4-5-11-25/h2-3,6-7,16H,4-5,8-15H2,1H3,(H,22,26). The molecule has 1 aromatic rings. The number of hydrogen-bond acceptors (Lipinski definition) is 4. The van der Waals surface area contributed by atoms with Crippen LogP contribution in [0.4, 0.5) is 5.69 Å². The van der Waals surface area contributed by atoms with Crippen molar-refractivity contribution in [2.75, 3.05) is 51.6 Å². The van der Waals surface area contributed by atoms with Crippen LogP contribution in [-0.4, -0.2) is 78.9 Å². The Hall–Kier alpha value is -1.63. The fraction of sp³-hybridized carbons (Fsp3) is 0.600. The fourth-order valence-corrected chi connectivity index (χ4v) is 4.10. The van der Waals surface area contributed by atoms with Crippen molar-refractivity contribution in [3.8, 4) is 0 Å². The van der Waals surface area contributed by atoms with Crippen molar-refractivity contribution in [2.45, 2.75) is 31.7 Å². The lowest BCUT2D eigenvalue weighted by Crippen LogP contribution is -2.47. The van der Waals surface area contributed by atoms with E-state index in [1.807, 2.05) is 6.07 Å². The molecule has 0 aliphatic carbocycles. The van der Waals surface area contributed by atoms with Gasteiger partial charge in [0.05, 0.1) is 23.8 Å². The highest BCUT2D eigenvalue weighted by molar-refractivity contribution is 6.33. The van der Waals surface area contributed by atoms with Crippen LogP contribution in [0.25, 0.3) is 0 Å². The molecule has 2 fully saturated rings. The first-order valence-electron chi connectivity index (χ1n) is 9.77. The maximum Gasteiger partial charge on any atom is 0.244 e. The van der Waals surface area contributed by atoms with E-state index in [9.17, 15) is 9.59 Å². The third kappa shape index (κ3) is 5.67. The summed E-state index contributed by atoms with van der Waals surface area (Å²) in [5.41, 5.74) is 0.564. The van der Waals surface area contributed by atoms with Crippen molar-refractivity contribution in [3.05, 3.63) is 29.3 Å². The average Bonchev–Trinajstić information content (AvgIpc) is 3.19. The first-order valence-corrected chi connectivity index (χ1v) is 10.2. The van der Waals surface area contributed by atoms with Crippen molar-refractivity contribution in [2.24, 2.45) is 0 Å². The van der Waals surface area contributed by atoms with Crippen LogP contribution in [0.2, 0.25) is 5.02 Å². The molecule has 1 aromatic carbocycles. The molecule has 2 aliphatic rings. The van der Waals surface area contributed by atoms with Gasteiger partial charge in [-0.3, -0.25) is 14.5 Å². The molecule has 1 N–H and O–H groups in total. The largest absolute Gasteiger partial charge is 0.335 e. The van der Waals surface area contributed by atoms with E-state index >= 15 is 0 Å². The van der Waals surface area contributed by atoms with Gasteiger partial charge in [0.25, 0.3) is 0 Å². The lowest BCUT2D eigenvalue weighted by Gasteiger charge is -2.36. The zero-order valence-electron chi connectivity index (χ0n) is 16.0. The summed E-state index contributed by atoms with van der Waals surface area (Å²) in [7, 11) is 1.67. The van der Waals surface area contributed by atoms with Crippen LogP contribution in [0.3, 0.4) is 0 Å². The molecule has 0 bridgehead atoms. The van der Waals surface area contributed by atoms with E-state index in [1.165, 1.54) is 30.8 Å². The number of carbonyl (C=O) groups is 2. The predicted octanol–water partition coefficient (Wildman–Crippen LogP) is 2.30. The Morgan fingerprint density at radius 1 is 1.15 bits per heavy atom. The topological polar surface area (TPSA) is 55.9 Å². The SMILES string of the molecule is CN(CC(=O)Nc1ccccc1Cl)C(=O)CN1CCC(N2CCCC2)CC1. The summed E-state index contributed by atoms with van der Waals surface area (Å²) < 4.78 is 0. The second-order valence-electron chi connectivity index (χ2n) is 7.53. The Bertz CT molecular complexity index is 655. The van der Waals surface area contributed by atoms with Gasteiger partial charge in [0.1, 0.15) is 0 Å². The second-order valence-corrected chi connectivity index (χ2v) is 7.94. The van der Waals surface area contributed by atoms with Crippen molar-refractivity contribution >= 4 is 29.1 Å². The zero-order valence-corrected chi connectivity index (χ0v) is 16.7. The molecular formula is C20H29ClN4O2. The minimum absolute atomic E-state index is 0.0221. The summed E-state index contributed by atoms with van der Waals surface area (Å²) in [6, 6.07) is 7.76. The van der Waals surface area contributed by atoms with E-state index in [0.29, 0.717) is 23.3 Å². The molecule has 2 saturated heterocycles. The molecule has 6 nitrogen and oxygen atoms in total. The van der Waals surface area contributed by atoms with Crippen LogP contribution in [0.15, 0.2) is 24.3 Å². The second kappa shape index (κ2) is 9.53. The number of para-hydroxylation sites is 1. The lowest BCUT2D eigenvalue weighted by molar-refractivity contribution is -0.134. The van der Waals surface area contributed by atoms with Gasteiger partial charge in [0.15, 0.2) is 0 Å². The summed E-state index contributed by atoms with van der Waals surface area (Å²) >= 11 is 6.05. The number of hydrogen-bond donors (Lipinski definition) is 1. The number of anilines is 1. The molecule has 0 saturated carbocycles. The van der Waals surface area contributed by atoms with Crippen LogP contribution in [0.5, 0.6) is 0 Å². The Morgan fingerprint density at radius 2 is 1.81 bits per heavy atom. The summed E-state index contributed by atoms with van der Waals surface area (Å²) in [5, 5.41) is 3.24. The quantitative estimate of drug-likeness (QED) is 0.807. The molecule has 0 radical (unpaired) electrons. The third-order valence-corrected chi connectivity index (χ3v) is 5.86. The van der Waals surface area contributed by atoms with Crippen molar-refractivity contribution < 1.29 is 9.59 Å². The van der Waals surface area contributed by atoms with E-state index in [1.54, 1.807) is 25.2 Å². The first-order chi connectivity index (χ1) is 13.0. The summed E-state index contributed by atoms with van der Waals surface area (Å²) in [4.78, 5) is 30.9. The molecule has 2 heterocycles. The molecule has 27 heavy (non-hydrogen) atoms. The minimum atomic E-state index is -0.244. The van der Waals surface area contributed by atoms with Gasteiger partial charge in [-0.05, 0) is 50.9 Å². The highest BCUT2D eigenvalue weighted by Gasteiger charge is 2.27. The highest BCUT2D eigenvalue weighted by atomic mass is 35.5. The van der Waals surface area contributed by atoms with Crippen LogP contribution in [0, 0.1) is 0 Å². The molecule has 0 unspecified atom stereocenters. The van der Waals surface area contributed by atoms with Gasteiger partial charge >= 0.3 is 0 Å². The summed E-state index contributed by atoms with van der Waals surface area (Å²) in [6.45, 7) is 4.76. The van der Waals surface area contributed by atoms with E-state index in [4.69, 9.17) is 11.6 Å². The molecule has 2 aliphatic heterocycles. The molecule has 0 atom stereocenters. The number of likely N-dealkylation sites (N-methyl/N-ethyl adjacent to an activating group) is 1. The normalized spacial score (nSPS) is 19.2. The first kappa shape index (κ1) is 20.1. The molecule has 148 valence electrons. The molecule has 0 aromatic heterocycles. The number of nitrogens with one attached hydrogen (secondary N) is 1. The number of benzene rings is 1. The van der Waals surface area contributed by atoms with E-state index < -0.39 is 0 Å². The van der Waals surface area contributed by atoms with Crippen molar-refractivity contribution in [1.29, 1.82) is 0 Å². The maximum atomic E-state index is 12.5. The minimum Gasteiger partial charge on any atom is -0.335 e. The lowest BCUT2D eigenvalue weighted by atomic mass is 10.0. The molecule has 7 heteroatoms. The molecule has 0 spiro atoms. The number of rotatable bonds is 6. The zero-order chi connectivity index (χ0) is 19.2. The molecule has 2 amide bonds. The molecule has 3 rings (SSSR count). The summed E-state index contributed by atoms with van der Waals surface area (Å²) in [5.74, 6) is -0.268. The number of piperidine rings is 1. The van der Waals surface area contributed by atoms with E-state index in [0.717, 1.165) is 25.9 Å². The number of likely N-dealkylation sites (tertiary alicyclic amines) is 2. The Labute approximate surface area is 166 Å². The fourth-order valence-electron chi connectivity index (χ4n) is 3.92. The van der Waals surface area contributed by atoms with Gasteiger partial charge in [-0.1, -0.05) is 23.7 Å². The molecular weight excluding hydrogens is 364 g/mol. The monoisotopic (exact) mass is 392 g/mol. The van der Waals surface area contributed by atoms with Gasteiger partial charge in [0, 0.05) is 26.2 Å². The van der Waals surface area contributed by atoms with E-state index in [2.05, 4.69) is 15.1 Å². The van der Waals surface area contributed by atoms with Crippen molar-refractivity contribution in [1.82, 2.24) is 14.7 Å². The van der Waals surface area contributed by atoms with Gasteiger partial charge < -0.3 is 15.1 Å². The third-order valence-electron chi connectivity index (χ3n) is 5.53. The Morgan fingerprint density at radius 3 is 2.48 bits per heavy atom. The van der Waals surface area contributed by atoms with Gasteiger partial charge in [-0.15, -0.1) is 0 Å². The highest BCUT2D eigenvalue weighted by Crippen LogP contribution is 2.21. The van der Waals surface area contributed by atoms with Gasteiger partial charge in [-0.25, -0.2) is 0 Å². The Kier molecular flexibility index (Phi) is 7.10. The van der Waals surface area contributed by atoms with Gasteiger partial charge in [-0.2, -0.15) is 0 Å². The Balaban J connectivity index is 1.40. The summed E-state index contributed by atoms with van der Waals surface area (Å²) in [6.07, 6.45) is 4.90. The number of halogens is 1. The van der Waals surface area contributed by atoms with Crippen LogP contribution in [-0.2, 0) is 9.59 Å². The number of amides is 2. The number of nitrogens with zero attached hydrogens (tertiary/aromatic N) is 3. The predicted molar refractivity (Wildman–Crippen MR) is 108 cm³/mol. The van der Waals surface area contributed by atoms with Gasteiger partial charge in [0.2, 0.25) is 11.8 Å².